The average Bonchev–Trinajstić information content (AvgIpc) is 2.21. The number of hydrogen-bond acceptors (Lipinski definition) is 3. The van der Waals surface area contributed by atoms with Crippen molar-refractivity contribution < 1.29 is 0 Å². The van der Waals surface area contributed by atoms with Gasteiger partial charge in [-0.1, -0.05) is 19.3 Å². The minimum absolute atomic E-state index is 0.846. The normalized spacial score (nSPS) is 29.0. The fourth-order valence-corrected chi connectivity index (χ4v) is 2.25. The first-order chi connectivity index (χ1) is 5.97. The van der Waals surface area contributed by atoms with Crippen LogP contribution in [0.5, 0.6) is 0 Å². The second kappa shape index (κ2) is 4.21. The Morgan fingerprint density at radius 2 is 1.58 bits per heavy atom. The highest BCUT2D eigenvalue weighted by molar-refractivity contribution is 4.76. The van der Waals surface area contributed by atoms with Gasteiger partial charge in [0.25, 0.3) is 0 Å². The summed E-state index contributed by atoms with van der Waals surface area (Å²) in [5.41, 5.74) is 0. The van der Waals surface area contributed by atoms with Crippen molar-refractivity contribution in [1.82, 2.24) is 15.5 Å². The van der Waals surface area contributed by atoms with Crippen molar-refractivity contribution in [3.8, 4) is 0 Å². The summed E-state index contributed by atoms with van der Waals surface area (Å²) in [6.07, 6.45) is 7.13. The molecule has 2 aliphatic rings. The second-order valence-electron chi connectivity index (χ2n) is 3.87. The number of nitrogens with zero attached hydrogens (tertiary/aromatic N) is 1. The third-order valence-electron chi connectivity index (χ3n) is 2.97. The molecule has 0 aromatic carbocycles. The molecule has 1 saturated heterocycles. The van der Waals surface area contributed by atoms with E-state index < -0.39 is 0 Å². The van der Waals surface area contributed by atoms with E-state index in [-0.39, 0.29) is 0 Å². The molecule has 1 saturated carbocycles. The van der Waals surface area contributed by atoms with Crippen molar-refractivity contribution in [1.29, 1.82) is 0 Å². The van der Waals surface area contributed by atoms with Crippen LogP contribution in [0.3, 0.4) is 0 Å². The molecule has 0 radical (unpaired) electrons. The second-order valence-corrected chi connectivity index (χ2v) is 3.87. The Balaban J connectivity index is 1.80. The van der Waals surface area contributed by atoms with Gasteiger partial charge in [0.05, 0.1) is 13.3 Å². The molecule has 12 heavy (non-hydrogen) atoms. The number of hydrogen-bond donors (Lipinski definition) is 2. The van der Waals surface area contributed by atoms with Crippen LogP contribution in [0, 0.1) is 0 Å². The predicted octanol–water partition coefficient (Wildman–Crippen LogP) is 0.686. The largest absolute Gasteiger partial charge is 0.292 e. The molecular formula is C9H19N3. The lowest BCUT2D eigenvalue weighted by Crippen LogP contribution is -2.54. The van der Waals surface area contributed by atoms with Gasteiger partial charge in [0.2, 0.25) is 0 Å². The van der Waals surface area contributed by atoms with Crippen LogP contribution in [0.1, 0.15) is 32.1 Å². The molecule has 1 heterocycles. The van der Waals surface area contributed by atoms with Gasteiger partial charge in [-0.05, 0) is 12.8 Å². The fourth-order valence-electron chi connectivity index (χ4n) is 2.25. The van der Waals surface area contributed by atoms with Gasteiger partial charge in [0.1, 0.15) is 0 Å². The molecule has 0 atom stereocenters. The number of nitrogens with one attached hydrogen (secondary N) is 2. The van der Waals surface area contributed by atoms with Crippen LogP contribution in [-0.2, 0) is 0 Å². The van der Waals surface area contributed by atoms with E-state index in [0.29, 0.717) is 0 Å². The SMILES string of the molecule is C1CCC(N2CNCNC2)CC1. The highest BCUT2D eigenvalue weighted by Crippen LogP contribution is 2.21. The third kappa shape index (κ3) is 1.97. The first kappa shape index (κ1) is 8.48. The molecule has 0 aromatic heterocycles. The zero-order valence-electron chi connectivity index (χ0n) is 7.68. The summed E-state index contributed by atoms with van der Waals surface area (Å²) in [6, 6.07) is 0.846. The molecule has 1 aliphatic carbocycles. The summed E-state index contributed by atoms with van der Waals surface area (Å²) >= 11 is 0. The van der Waals surface area contributed by atoms with Gasteiger partial charge in [0.15, 0.2) is 0 Å². The first-order valence-electron chi connectivity index (χ1n) is 5.12. The standard InChI is InChI=1S/C9H19N3/c1-2-4-9(5-3-1)12-7-10-6-11-8-12/h9-11H,1-8H2. The average molecular weight is 169 g/mol. The van der Waals surface area contributed by atoms with Gasteiger partial charge in [-0.2, -0.15) is 0 Å². The van der Waals surface area contributed by atoms with Crippen molar-refractivity contribution in [2.75, 3.05) is 20.0 Å². The van der Waals surface area contributed by atoms with E-state index in [4.69, 9.17) is 0 Å². The predicted molar refractivity (Wildman–Crippen MR) is 49.6 cm³/mol. The molecule has 0 bridgehead atoms. The highest BCUT2D eigenvalue weighted by atomic mass is 15.4. The maximum Gasteiger partial charge on any atom is 0.0505 e. The molecule has 2 N–H and O–H groups in total. The molecule has 0 amide bonds. The fraction of sp³-hybridized carbons (Fsp3) is 1.00. The van der Waals surface area contributed by atoms with E-state index in [0.717, 1.165) is 26.0 Å². The van der Waals surface area contributed by atoms with E-state index in [9.17, 15) is 0 Å². The van der Waals surface area contributed by atoms with Crippen LogP contribution in [0.4, 0.5) is 0 Å². The summed E-state index contributed by atoms with van der Waals surface area (Å²) < 4.78 is 0. The van der Waals surface area contributed by atoms with Crippen molar-refractivity contribution in [2.24, 2.45) is 0 Å². The third-order valence-corrected chi connectivity index (χ3v) is 2.97. The molecule has 0 aromatic rings. The molecule has 1 aliphatic heterocycles. The molecule has 2 fully saturated rings. The lowest BCUT2D eigenvalue weighted by Gasteiger charge is -2.37. The molecule has 2 rings (SSSR count). The van der Waals surface area contributed by atoms with Crippen LogP contribution in [-0.4, -0.2) is 30.9 Å². The van der Waals surface area contributed by atoms with Crippen LogP contribution in [0.15, 0.2) is 0 Å². The monoisotopic (exact) mass is 169 g/mol. The van der Waals surface area contributed by atoms with Crippen LogP contribution < -0.4 is 10.6 Å². The minimum atomic E-state index is 0.846. The smallest absolute Gasteiger partial charge is 0.0505 e. The topological polar surface area (TPSA) is 27.3 Å². The van der Waals surface area contributed by atoms with Crippen LogP contribution in [0.25, 0.3) is 0 Å². The van der Waals surface area contributed by atoms with Crippen molar-refractivity contribution >= 4 is 0 Å². The minimum Gasteiger partial charge on any atom is -0.292 e. The zero-order chi connectivity index (χ0) is 8.23. The molecular weight excluding hydrogens is 150 g/mol. The lowest BCUT2D eigenvalue weighted by atomic mass is 9.94. The van der Waals surface area contributed by atoms with E-state index in [1.807, 2.05) is 0 Å². The molecule has 3 nitrogen and oxygen atoms in total. The van der Waals surface area contributed by atoms with Gasteiger partial charge in [-0.15, -0.1) is 0 Å². The van der Waals surface area contributed by atoms with Crippen LogP contribution >= 0.6 is 0 Å². The Morgan fingerprint density at radius 1 is 0.917 bits per heavy atom. The van der Waals surface area contributed by atoms with Gasteiger partial charge in [-0.25, -0.2) is 0 Å². The van der Waals surface area contributed by atoms with E-state index in [1.54, 1.807) is 0 Å². The Hall–Kier alpha value is -0.120. The number of rotatable bonds is 1. The maximum atomic E-state index is 3.35. The maximum absolute atomic E-state index is 3.35. The van der Waals surface area contributed by atoms with Crippen molar-refractivity contribution in [2.45, 2.75) is 38.1 Å². The van der Waals surface area contributed by atoms with Gasteiger partial charge < -0.3 is 0 Å². The Labute approximate surface area is 74.5 Å². The van der Waals surface area contributed by atoms with E-state index >= 15 is 0 Å². The zero-order valence-corrected chi connectivity index (χ0v) is 7.68. The first-order valence-corrected chi connectivity index (χ1v) is 5.12. The van der Waals surface area contributed by atoms with Crippen molar-refractivity contribution in [3.05, 3.63) is 0 Å². The quantitative estimate of drug-likeness (QED) is 0.604. The van der Waals surface area contributed by atoms with Crippen LogP contribution in [0.2, 0.25) is 0 Å². The molecule has 0 unspecified atom stereocenters. The van der Waals surface area contributed by atoms with Crippen molar-refractivity contribution in [3.63, 3.8) is 0 Å². The summed E-state index contributed by atoms with van der Waals surface area (Å²) in [5, 5.41) is 6.69. The summed E-state index contributed by atoms with van der Waals surface area (Å²) in [6.45, 7) is 3.14. The highest BCUT2D eigenvalue weighted by Gasteiger charge is 2.21. The Morgan fingerprint density at radius 3 is 2.25 bits per heavy atom. The Kier molecular flexibility index (Phi) is 2.98. The summed E-state index contributed by atoms with van der Waals surface area (Å²) in [5.74, 6) is 0. The van der Waals surface area contributed by atoms with Gasteiger partial charge >= 0.3 is 0 Å². The molecule has 3 heteroatoms. The lowest BCUT2D eigenvalue weighted by molar-refractivity contribution is 0.107. The summed E-state index contributed by atoms with van der Waals surface area (Å²) in [4.78, 5) is 2.53. The van der Waals surface area contributed by atoms with Gasteiger partial charge in [0, 0.05) is 12.7 Å². The molecule has 0 spiro atoms. The Bertz CT molecular complexity index is 110. The van der Waals surface area contributed by atoms with Gasteiger partial charge in [-0.3, -0.25) is 15.5 Å². The van der Waals surface area contributed by atoms with E-state index in [2.05, 4.69) is 15.5 Å². The summed E-state index contributed by atoms with van der Waals surface area (Å²) in [7, 11) is 0. The van der Waals surface area contributed by atoms with E-state index in [1.165, 1.54) is 32.1 Å². The molecule has 70 valence electrons.